The van der Waals surface area contributed by atoms with Gasteiger partial charge in [0.25, 0.3) is 0 Å². The highest BCUT2D eigenvalue weighted by Crippen LogP contribution is 2.43. The van der Waals surface area contributed by atoms with Gasteiger partial charge in [-0.25, -0.2) is 0 Å². The molecule has 1 aromatic carbocycles. The summed E-state index contributed by atoms with van der Waals surface area (Å²) in [5.41, 5.74) is 3.87. The van der Waals surface area contributed by atoms with Gasteiger partial charge < -0.3 is 5.32 Å². The second-order valence-corrected chi connectivity index (χ2v) is 8.05. The van der Waals surface area contributed by atoms with Crippen molar-refractivity contribution in [3.63, 3.8) is 0 Å². The van der Waals surface area contributed by atoms with Gasteiger partial charge in [-0.05, 0) is 86.4 Å². The van der Waals surface area contributed by atoms with E-state index < -0.39 is 0 Å². The Hall–Kier alpha value is -0.820. The smallest absolute Gasteiger partial charge is 0.00173 e. The molecule has 1 aromatic rings. The summed E-state index contributed by atoms with van der Waals surface area (Å²) in [5.74, 6) is 1.66. The third-order valence-corrected chi connectivity index (χ3v) is 5.74. The van der Waals surface area contributed by atoms with Crippen LogP contribution in [0, 0.1) is 11.3 Å². The molecule has 1 heteroatoms. The maximum Gasteiger partial charge on any atom is -0.00173 e. The molecule has 0 amide bonds. The maximum atomic E-state index is 3.56. The largest absolute Gasteiger partial charge is 0.316 e. The predicted octanol–water partition coefficient (Wildman–Crippen LogP) is 4.91. The highest BCUT2D eigenvalue weighted by atomic mass is 14.9. The molecule has 21 heavy (non-hydrogen) atoms. The van der Waals surface area contributed by atoms with E-state index in [0.717, 1.165) is 11.8 Å². The summed E-state index contributed by atoms with van der Waals surface area (Å²) in [6, 6.07) is 9.29. The van der Waals surface area contributed by atoms with Crippen molar-refractivity contribution in [1.82, 2.24) is 5.32 Å². The number of hydrogen-bond donors (Lipinski definition) is 1. The first-order valence-corrected chi connectivity index (χ1v) is 8.93. The standard InChI is InChI=1S/C20H31N/c1-20(2)11-9-17(10-12-20)19-8-4-3-7-18(19)14-16-6-5-13-21-15-16/h3-4,7-8,16-17,21H,5-6,9-15H2,1-2H3. The van der Waals surface area contributed by atoms with Crippen LogP contribution in [0.1, 0.15) is 69.4 Å². The fourth-order valence-corrected chi connectivity index (χ4v) is 4.24. The van der Waals surface area contributed by atoms with Crippen LogP contribution in [-0.2, 0) is 6.42 Å². The van der Waals surface area contributed by atoms with Crippen molar-refractivity contribution in [2.24, 2.45) is 11.3 Å². The van der Waals surface area contributed by atoms with Crippen molar-refractivity contribution in [3.05, 3.63) is 35.4 Å². The van der Waals surface area contributed by atoms with Crippen LogP contribution in [0.5, 0.6) is 0 Å². The Morgan fingerprint density at radius 2 is 1.86 bits per heavy atom. The molecule has 0 aromatic heterocycles. The third-order valence-electron chi connectivity index (χ3n) is 5.74. The van der Waals surface area contributed by atoms with Crippen LogP contribution in [0.4, 0.5) is 0 Å². The fraction of sp³-hybridized carbons (Fsp3) is 0.700. The predicted molar refractivity (Wildman–Crippen MR) is 90.7 cm³/mol. The Balaban J connectivity index is 1.70. The monoisotopic (exact) mass is 285 g/mol. The first kappa shape index (κ1) is 15.1. The summed E-state index contributed by atoms with van der Waals surface area (Å²) in [4.78, 5) is 0. The summed E-state index contributed by atoms with van der Waals surface area (Å²) in [5, 5.41) is 3.56. The quantitative estimate of drug-likeness (QED) is 0.832. The molecule has 0 bridgehead atoms. The number of nitrogens with one attached hydrogen (secondary N) is 1. The number of rotatable bonds is 3. The summed E-state index contributed by atoms with van der Waals surface area (Å²) < 4.78 is 0. The van der Waals surface area contributed by atoms with Crippen LogP contribution in [0.2, 0.25) is 0 Å². The minimum absolute atomic E-state index is 0.568. The van der Waals surface area contributed by atoms with Gasteiger partial charge in [0.15, 0.2) is 0 Å². The topological polar surface area (TPSA) is 12.0 Å². The Morgan fingerprint density at radius 3 is 2.57 bits per heavy atom. The number of hydrogen-bond acceptors (Lipinski definition) is 1. The zero-order valence-corrected chi connectivity index (χ0v) is 13.8. The molecule has 1 aliphatic heterocycles. The Kier molecular flexibility index (Phi) is 4.69. The molecule has 1 atom stereocenters. The van der Waals surface area contributed by atoms with Crippen LogP contribution in [0.25, 0.3) is 0 Å². The molecule has 116 valence electrons. The van der Waals surface area contributed by atoms with E-state index in [-0.39, 0.29) is 0 Å². The molecule has 0 spiro atoms. The van der Waals surface area contributed by atoms with Crippen LogP contribution >= 0.6 is 0 Å². The zero-order chi connectivity index (χ0) is 14.7. The molecular formula is C20H31N. The molecule has 1 saturated heterocycles. The molecule has 2 fully saturated rings. The van der Waals surface area contributed by atoms with Gasteiger partial charge in [-0.1, -0.05) is 38.1 Å². The van der Waals surface area contributed by atoms with Gasteiger partial charge in [0.1, 0.15) is 0 Å². The van der Waals surface area contributed by atoms with Gasteiger partial charge in [-0.2, -0.15) is 0 Å². The minimum Gasteiger partial charge on any atom is -0.316 e. The first-order chi connectivity index (χ1) is 10.1. The summed E-state index contributed by atoms with van der Waals surface area (Å²) in [6.07, 6.45) is 9.57. The lowest BCUT2D eigenvalue weighted by atomic mass is 9.70. The molecule has 1 unspecified atom stereocenters. The van der Waals surface area contributed by atoms with E-state index in [1.165, 1.54) is 58.0 Å². The Labute approximate surface area is 130 Å². The lowest BCUT2D eigenvalue weighted by molar-refractivity contribution is 0.224. The zero-order valence-electron chi connectivity index (χ0n) is 13.8. The molecule has 1 nitrogen and oxygen atoms in total. The van der Waals surface area contributed by atoms with E-state index in [1.807, 2.05) is 0 Å². The van der Waals surface area contributed by atoms with Crippen LogP contribution in [-0.4, -0.2) is 13.1 Å². The van der Waals surface area contributed by atoms with Crippen molar-refractivity contribution in [1.29, 1.82) is 0 Å². The molecule has 1 N–H and O–H groups in total. The number of benzene rings is 1. The second kappa shape index (κ2) is 6.52. The van der Waals surface area contributed by atoms with Crippen molar-refractivity contribution in [3.8, 4) is 0 Å². The van der Waals surface area contributed by atoms with E-state index in [1.54, 1.807) is 11.1 Å². The highest BCUT2D eigenvalue weighted by molar-refractivity contribution is 5.31. The summed E-state index contributed by atoms with van der Waals surface area (Å²) in [6.45, 7) is 7.30. The van der Waals surface area contributed by atoms with Gasteiger partial charge in [0, 0.05) is 0 Å². The van der Waals surface area contributed by atoms with Gasteiger partial charge in [0.05, 0.1) is 0 Å². The van der Waals surface area contributed by atoms with Gasteiger partial charge in [0.2, 0.25) is 0 Å². The first-order valence-electron chi connectivity index (χ1n) is 8.93. The molecule has 3 rings (SSSR count). The van der Waals surface area contributed by atoms with Gasteiger partial charge in [-0.15, -0.1) is 0 Å². The van der Waals surface area contributed by atoms with E-state index in [4.69, 9.17) is 0 Å². The lowest BCUT2D eigenvalue weighted by Gasteiger charge is -2.35. The second-order valence-electron chi connectivity index (χ2n) is 8.05. The van der Waals surface area contributed by atoms with Gasteiger partial charge >= 0.3 is 0 Å². The van der Waals surface area contributed by atoms with Gasteiger partial charge in [-0.3, -0.25) is 0 Å². The van der Waals surface area contributed by atoms with Crippen LogP contribution in [0.15, 0.2) is 24.3 Å². The molecule has 0 radical (unpaired) electrons. The van der Waals surface area contributed by atoms with E-state index in [2.05, 4.69) is 43.4 Å². The highest BCUT2D eigenvalue weighted by Gasteiger charge is 2.28. The van der Waals surface area contributed by atoms with Crippen molar-refractivity contribution in [2.45, 2.75) is 64.7 Å². The minimum atomic E-state index is 0.568. The normalized spacial score (nSPS) is 26.7. The average Bonchev–Trinajstić information content (AvgIpc) is 2.49. The maximum absolute atomic E-state index is 3.56. The van der Waals surface area contributed by atoms with E-state index >= 15 is 0 Å². The molecule has 1 heterocycles. The average molecular weight is 285 g/mol. The van der Waals surface area contributed by atoms with E-state index in [0.29, 0.717) is 5.41 Å². The fourth-order valence-electron chi connectivity index (χ4n) is 4.24. The van der Waals surface area contributed by atoms with Crippen LogP contribution in [0.3, 0.4) is 0 Å². The summed E-state index contributed by atoms with van der Waals surface area (Å²) >= 11 is 0. The van der Waals surface area contributed by atoms with Crippen molar-refractivity contribution in [2.75, 3.05) is 13.1 Å². The Morgan fingerprint density at radius 1 is 1.10 bits per heavy atom. The summed E-state index contributed by atoms with van der Waals surface area (Å²) in [7, 11) is 0. The SMILES string of the molecule is CC1(C)CCC(c2ccccc2CC2CCCNC2)CC1. The lowest BCUT2D eigenvalue weighted by Crippen LogP contribution is -2.31. The molecule has 1 saturated carbocycles. The molecule has 1 aliphatic carbocycles. The van der Waals surface area contributed by atoms with E-state index in [9.17, 15) is 0 Å². The van der Waals surface area contributed by atoms with Crippen LogP contribution < -0.4 is 5.32 Å². The van der Waals surface area contributed by atoms with Crippen molar-refractivity contribution < 1.29 is 0 Å². The number of piperidine rings is 1. The Bertz CT molecular complexity index is 447. The molecule has 2 aliphatic rings. The third kappa shape index (κ3) is 3.88. The molecular weight excluding hydrogens is 254 g/mol. The van der Waals surface area contributed by atoms with Crippen molar-refractivity contribution >= 4 is 0 Å².